The molecule has 0 fully saturated rings. The number of halogens is 3. The second-order valence-electron chi connectivity index (χ2n) is 4.17. The number of amides is 1. The third kappa shape index (κ3) is 7.20. The molecule has 0 aliphatic carbocycles. The predicted molar refractivity (Wildman–Crippen MR) is 85.4 cm³/mol. The van der Waals surface area contributed by atoms with Gasteiger partial charge < -0.3 is 15.4 Å². The lowest BCUT2D eigenvalue weighted by Crippen LogP contribution is -2.37. The highest BCUT2D eigenvalue weighted by Gasteiger charge is 2.05. The highest BCUT2D eigenvalue weighted by atomic mass is 35.5. The van der Waals surface area contributed by atoms with E-state index in [0.29, 0.717) is 35.4 Å². The molecule has 0 saturated carbocycles. The first-order valence-electron chi connectivity index (χ1n) is 6.04. The third-order valence-electron chi connectivity index (χ3n) is 2.59. The average molecular weight is 342 g/mol. The molecule has 114 valence electrons. The fraction of sp³-hybridized carbons (Fsp3) is 0.462. The zero-order valence-corrected chi connectivity index (χ0v) is 13.7. The summed E-state index contributed by atoms with van der Waals surface area (Å²) in [6.07, 6.45) is 0.302. The van der Waals surface area contributed by atoms with Gasteiger partial charge in [-0.1, -0.05) is 23.2 Å². The van der Waals surface area contributed by atoms with E-state index in [4.69, 9.17) is 27.9 Å². The molecule has 1 atom stereocenters. The van der Waals surface area contributed by atoms with Crippen molar-refractivity contribution in [3.63, 3.8) is 0 Å². The number of hydrogen-bond donors (Lipinski definition) is 2. The first-order valence-corrected chi connectivity index (χ1v) is 6.80. The number of carbonyl (C=O) groups excluding carboxylic acids is 1. The Bertz CT molecular complexity index is 430. The van der Waals surface area contributed by atoms with Crippen LogP contribution in [0.5, 0.6) is 5.75 Å². The first-order chi connectivity index (χ1) is 9.02. The molecule has 4 nitrogen and oxygen atoms in total. The van der Waals surface area contributed by atoms with Gasteiger partial charge in [0.2, 0.25) is 5.91 Å². The van der Waals surface area contributed by atoms with Gasteiger partial charge >= 0.3 is 0 Å². The molecule has 0 radical (unpaired) electrons. The van der Waals surface area contributed by atoms with Crippen LogP contribution in [0.4, 0.5) is 0 Å². The predicted octanol–water partition coefficient (Wildman–Crippen LogP) is 2.91. The van der Waals surface area contributed by atoms with Crippen LogP contribution < -0.4 is 15.4 Å². The second kappa shape index (κ2) is 10.1. The summed E-state index contributed by atoms with van der Waals surface area (Å²) in [7, 11) is 1.85. The van der Waals surface area contributed by atoms with E-state index in [1.807, 2.05) is 14.0 Å². The summed E-state index contributed by atoms with van der Waals surface area (Å²) in [6, 6.07) is 5.26. The van der Waals surface area contributed by atoms with Crippen molar-refractivity contribution in [2.45, 2.75) is 19.4 Å². The van der Waals surface area contributed by atoms with Crippen LogP contribution in [0.3, 0.4) is 0 Å². The van der Waals surface area contributed by atoms with Crippen molar-refractivity contribution in [2.24, 2.45) is 0 Å². The van der Waals surface area contributed by atoms with Gasteiger partial charge in [-0.05, 0) is 26.1 Å². The molecule has 7 heteroatoms. The van der Waals surface area contributed by atoms with E-state index in [2.05, 4.69) is 10.6 Å². The summed E-state index contributed by atoms with van der Waals surface area (Å²) in [5, 5.41) is 6.77. The minimum atomic E-state index is -0.0397. The maximum atomic E-state index is 11.5. The Labute approximate surface area is 135 Å². The van der Waals surface area contributed by atoms with Crippen LogP contribution in [0.25, 0.3) is 0 Å². The Balaban J connectivity index is 0.00000361. The van der Waals surface area contributed by atoms with E-state index in [0.717, 1.165) is 0 Å². The smallest absolute Gasteiger partial charge is 0.223 e. The summed E-state index contributed by atoms with van der Waals surface area (Å²) in [4.78, 5) is 11.5. The van der Waals surface area contributed by atoms with Crippen LogP contribution in [0.1, 0.15) is 13.3 Å². The van der Waals surface area contributed by atoms with E-state index < -0.39 is 0 Å². The van der Waals surface area contributed by atoms with Gasteiger partial charge in [0.1, 0.15) is 5.75 Å². The van der Waals surface area contributed by atoms with Gasteiger partial charge in [0, 0.05) is 18.7 Å². The molecule has 0 aliphatic heterocycles. The van der Waals surface area contributed by atoms with Gasteiger partial charge in [0.05, 0.1) is 23.1 Å². The standard InChI is InChI=1S/C13H18Cl2N2O2.ClH/c1-9(16-2)8-17-13(18)5-6-19-10-3-4-11(14)12(15)7-10;/h3-4,7,9,16H,5-6,8H2,1-2H3,(H,17,18);1H. The monoisotopic (exact) mass is 340 g/mol. The number of hydrogen-bond acceptors (Lipinski definition) is 3. The Morgan fingerprint density at radius 3 is 2.65 bits per heavy atom. The van der Waals surface area contributed by atoms with Crippen molar-refractivity contribution in [2.75, 3.05) is 20.2 Å². The quantitative estimate of drug-likeness (QED) is 0.802. The van der Waals surface area contributed by atoms with E-state index in [-0.39, 0.29) is 24.4 Å². The van der Waals surface area contributed by atoms with Crippen LogP contribution in [0, 0.1) is 0 Å². The summed E-state index contributed by atoms with van der Waals surface area (Å²) in [6.45, 7) is 2.90. The summed E-state index contributed by atoms with van der Waals surface area (Å²) >= 11 is 11.6. The average Bonchev–Trinajstić information content (AvgIpc) is 2.40. The van der Waals surface area contributed by atoms with E-state index >= 15 is 0 Å². The fourth-order valence-electron chi connectivity index (χ4n) is 1.29. The number of carbonyl (C=O) groups is 1. The highest BCUT2D eigenvalue weighted by molar-refractivity contribution is 6.42. The van der Waals surface area contributed by atoms with Crippen molar-refractivity contribution >= 4 is 41.5 Å². The molecule has 0 bridgehead atoms. The minimum absolute atomic E-state index is 0. The van der Waals surface area contributed by atoms with Gasteiger partial charge in [-0.15, -0.1) is 12.4 Å². The van der Waals surface area contributed by atoms with Crippen LogP contribution in [0.2, 0.25) is 10.0 Å². The molecular weight excluding hydrogens is 323 g/mol. The summed E-state index contributed by atoms with van der Waals surface area (Å²) < 4.78 is 5.43. The molecule has 1 rings (SSSR count). The maximum Gasteiger partial charge on any atom is 0.223 e. The topological polar surface area (TPSA) is 50.4 Å². The fourth-order valence-corrected chi connectivity index (χ4v) is 1.57. The number of benzene rings is 1. The number of ether oxygens (including phenoxy) is 1. The molecule has 0 spiro atoms. The van der Waals surface area contributed by atoms with Gasteiger partial charge in [0.25, 0.3) is 0 Å². The van der Waals surface area contributed by atoms with Gasteiger partial charge in [-0.25, -0.2) is 0 Å². The van der Waals surface area contributed by atoms with Gasteiger partial charge in [0.15, 0.2) is 0 Å². The van der Waals surface area contributed by atoms with Crippen molar-refractivity contribution in [1.29, 1.82) is 0 Å². The summed E-state index contributed by atoms with van der Waals surface area (Å²) in [5.41, 5.74) is 0. The zero-order valence-electron chi connectivity index (χ0n) is 11.4. The number of rotatable bonds is 7. The van der Waals surface area contributed by atoms with Crippen molar-refractivity contribution in [3.8, 4) is 5.75 Å². The molecule has 0 saturated heterocycles. The highest BCUT2D eigenvalue weighted by Crippen LogP contribution is 2.26. The number of likely N-dealkylation sites (N-methyl/N-ethyl adjacent to an activating group) is 1. The van der Waals surface area contributed by atoms with Crippen LogP contribution >= 0.6 is 35.6 Å². The lowest BCUT2D eigenvalue weighted by molar-refractivity contribution is -0.121. The lowest BCUT2D eigenvalue weighted by atomic mass is 10.3. The van der Waals surface area contributed by atoms with Crippen LogP contribution in [-0.2, 0) is 4.79 Å². The molecule has 1 amide bonds. The van der Waals surface area contributed by atoms with Crippen molar-refractivity contribution in [3.05, 3.63) is 28.2 Å². The lowest BCUT2D eigenvalue weighted by Gasteiger charge is -2.11. The summed E-state index contributed by atoms with van der Waals surface area (Å²) in [5.74, 6) is 0.563. The molecule has 0 heterocycles. The van der Waals surface area contributed by atoms with Crippen LogP contribution in [-0.4, -0.2) is 32.1 Å². The molecule has 0 aromatic heterocycles. The normalized spacial score (nSPS) is 11.4. The first kappa shape index (κ1) is 19.3. The Morgan fingerprint density at radius 2 is 2.05 bits per heavy atom. The minimum Gasteiger partial charge on any atom is -0.493 e. The van der Waals surface area contributed by atoms with Gasteiger partial charge in [-0.2, -0.15) is 0 Å². The van der Waals surface area contributed by atoms with Crippen molar-refractivity contribution < 1.29 is 9.53 Å². The van der Waals surface area contributed by atoms with Crippen LogP contribution in [0.15, 0.2) is 18.2 Å². The Morgan fingerprint density at radius 1 is 1.35 bits per heavy atom. The molecule has 1 aromatic carbocycles. The van der Waals surface area contributed by atoms with E-state index in [1.165, 1.54) is 0 Å². The van der Waals surface area contributed by atoms with Gasteiger partial charge in [-0.3, -0.25) is 4.79 Å². The maximum absolute atomic E-state index is 11.5. The Hall–Kier alpha value is -0.680. The second-order valence-corrected chi connectivity index (χ2v) is 4.98. The number of nitrogens with one attached hydrogen (secondary N) is 2. The van der Waals surface area contributed by atoms with E-state index in [9.17, 15) is 4.79 Å². The largest absolute Gasteiger partial charge is 0.493 e. The zero-order chi connectivity index (χ0) is 14.3. The molecule has 1 unspecified atom stereocenters. The van der Waals surface area contributed by atoms with E-state index in [1.54, 1.807) is 18.2 Å². The molecule has 0 aliphatic rings. The molecule has 2 N–H and O–H groups in total. The third-order valence-corrected chi connectivity index (χ3v) is 3.33. The molecule has 1 aromatic rings. The Kier molecular flexibility index (Phi) is 9.76. The molecular formula is C13H19Cl3N2O2. The SMILES string of the molecule is CNC(C)CNC(=O)CCOc1ccc(Cl)c(Cl)c1.Cl. The molecule has 20 heavy (non-hydrogen) atoms. The van der Waals surface area contributed by atoms with Crippen molar-refractivity contribution in [1.82, 2.24) is 10.6 Å².